The van der Waals surface area contributed by atoms with Crippen LogP contribution in [0.2, 0.25) is 0 Å². The van der Waals surface area contributed by atoms with Crippen LogP contribution in [-0.4, -0.2) is 9.97 Å². The summed E-state index contributed by atoms with van der Waals surface area (Å²) in [6, 6.07) is 6.01. The Morgan fingerprint density at radius 3 is 3.20 bits per heavy atom. The van der Waals surface area contributed by atoms with Crippen LogP contribution in [-0.2, 0) is 0 Å². The third-order valence-corrected chi connectivity index (χ3v) is 1.53. The minimum absolute atomic E-state index is 1.03. The van der Waals surface area contributed by atoms with Crippen molar-refractivity contribution in [1.29, 1.82) is 0 Å². The van der Waals surface area contributed by atoms with Crippen LogP contribution in [0, 0.1) is 6.92 Å². The Labute approximate surface area is 59.3 Å². The first-order chi connectivity index (χ1) is 4.86. The van der Waals surface area contributed by atoms with Crippen LogP contribution in [0.15, 0.2) is 24.4 Å². The van der Waals surface area contributed by atoms with Crippen LogP contribution in [0.3, 0.4) is 0 Å². The van der Waals surface area contributed by atoms with Crippen molar-refractivity contribution in [1.82, 2.24) is 9.97 Å². The molecule has 10 heavy (non-hydrogen) atoms. The molecule has 0 saturated carbocycles. The number of aromatic amines is 1. The first-order valence-corrected chi connectivity index (χ1v) is 3.27. The van der Waals surface area contributed by atoms with Crippen LogP contribution in [0.5, 0.6) is 0 Å². The number of fused-ring (bicyclic) bond motifs is 1. The largest absolute Gasteiger partial charge is 0.358 e. The molecule has 1 N–H and O–H groups in total. The molecule has 50 valence electrons. The lowest BCUT2D eigenvalue weighted by Gasteiger charge is -1.97. The molecule has 0 atom stereocenters. The number of rotatable bonds is 0. The van der Waals surface area contributed by atoms with Crippen LogP contribution in [0.25, 0.3) is 11.4 Å². The maximum atomic E-state index is 4.30. The first-order valence-electron chi connectivity index (χ1n) is 3.27. The van der Waals surface area contributed by atoms with Gasteiger partial charge in [-0.25, -0.2) is 0 Å². The van der Waals surface area contributed by atoms with Gasteiger partial charge in [-0.2, -0.15) is 0 Å². The number of nitrogens with zero attached hydrogens (tertiary/aromatic N) is 1. The fraction of sp³-hybridized carbons (Fsp3) is 0.125. The lowest BCUT2D eigenvalue weighted by molar-refractivity contribution is 1.13. The molecular weight excluding hydrogens is 124 g/mol. The van der Waals surface area contributed by atoms with Gasteiger partial charge in [0.2, 0.25) is 0 Å². The van der Waals surface area contributed by atoms with Gasteiger partial charge in [-0.15, -0.1) is 0 Å². The van der Waals surface area contributed by atoms with E-state index in [4.69, 9.17) is 0 Å². The van der Waals surface area contributed by atoms with Crippen molar-refractivity contribution in [3.05, 3.63) is 30.1 Å². The second-order valence-corrected chi connectivity index (χ2v) is 2.37. The molecular formula is C8H8N2. The van der Waals surface area contributed by atoms with E-state index in [1.165, 1.54) is 0 Å². The SMILES string of the molecule is Cc1c[nH]c2cccc-2n1. The van der Waals surface area contributed by atoms with Crippen LogP contribution < -0.4 is 0 Å². The summed E-state index contributed by atoms with van der Waals surface area (Å²) >= 11 is 0. The summed E-state index contributed by atoms with van der Waals surface area (Å²) in [5, 5.41) is 0. The van der Waals surface area contributed by atoms with Gasteiger partial charge in [0.1, 0.15) is 0 Å². The molecule has 0 amide bonds. The summed E-state index contributed by atoms with van der Waals surface area (Å²) < 4.78 is 0. The summed E-state index contributed by atoms with van der Waals surface area (Å²) in [4.78, 5) is 7.44. The first kappa shape index (κ1) is 5.47. The van der Waals surface area contributed by atoms with Gasteiger partial charge in [-0.05, 0) is 19.1 Å². The lowest BCUT2D eigenvalue weighted by Crippen LogP contribution is -1.87. The Kier molecular flexibility index (Phi) is 1.01. The number of aromatic nitrogens is 2. The van der Waals surface area contributed by atoms with Crippen molar-refractivity contribution in [3.8, 4) is 11.4 Å². The third kappa shape index (κ3) is 0.692. The summed E-state index contributed by atoms with van der Waals surface area (Å²) in [5.74, 6) is 0. The maximum absolute atomic E-state index is 4.30. The molecule has 2 nitrogen and oxygen atoms in total. The van der Waals surface area contributed by atoms with Crippen LogP contribution >= 0.6 is 0 Å². The van der Waals surface area contributed by atoms with Crippen molar-refractivity contribution in [2.45, 2.75) is 6.92 Å². The molecule has 0 unspecified atom stereocenters. The quantitative estimate of drug-likeness (QED) is 0.582. The molecule has 2 heteroatoms. The topological polar surface area (TPSA) is 28.7 Å². The predicted octanol–water partition coefficient (Wildman–Crippen LogP) is 1.82. The summed E-state index contributed by atoms with van der Waals surface area (Å²) in [6.07, 6.45) is 1.91. The van der Waals surface area contributed by atoms with E-state index in [0.717, 1.165) is 17.1 Å². The predicted molar refractivity (Wildman–Crippen MR) is 39.9 cm³/mol. The molecule has 0 aromatic carbocycles. The van der Waals surface area contributed by atoms with Gasteiger partial charge in [-0.1, -0.05) is 6.07 Å². The fourth-order valence-corrected chi connectivity index (χ4v) is 1.03. The zero-order chi connectivity index (χ0) is 6.97. The highest BCUT2D eigenvalue weighted by atomic mass is 14.8. The van der Waals surface area contributed by atoms with Gasteiger partial charge in [0.05, 0.1) is 17.1 Å². The molecule has 1 aliphatic carbocycles. The third-order valence-electron chi connectivity index (χ3n) is 1.53. The van der Waals surface area contributed by atoms with E-state index in [0.29, 0.717) is 0 Å². The molecule has 1 aliphatic heterocycles. The Balaban J connectivity index is 2.75. The lowest BCUT2D eigenvalue weighted by atomic mass is 10.3. The minimum Gasteiger partial charge on any atom is -0.358 e. The number of hydrogen-bond donors (Lipinski definition) is 1. The molecule has 0 aromatic rings. The maximum Gasteiger partial charge on any atom is 0.0868 e. The smallest absolute Gasteiger partial charge is 0.0868 e. The van der Waals surface area contributed by atoms with Gasteiger partial charge in [0, 0.05) is 6.20 Å². The molecule has 0 saturated heterocycles. The zero-order valence-electron chi connectivity index (χ0n) is 5.76. The standard InChI is InChI=1S/C8H8N2/c1-6-5-9-7-3-2-4-8(7)10-6/h2-5,9H,1H3. The van der Waals surface area contributed by atoms with Crippen molar-refractivity contribution < 1.29 is 0 Å². The van der Waals surface area contributed by atoms with Crippen molar-refractivity contribution >= 4 is 0 Å². The molecule has 0 bridgehead atoms. The Morgan fingerprint density at radius 2 is 2.30 bits per heavy atom. The van der Waals surface area contributed by atoms with Crippen molar-refractivity contribution in [2.75, 3.05) is 0 Å². The Bertz CT molecular complexity index is 311. The van der Waals surface area contributed by atoms with Crippen LogP contribution in [0.4, 0.5) is 0 Å². The van der Waals surface area contributed by atoms with E-state index < -0.39 is 0 Å². The van der Waals surface area contributed by atoms with E-state index in [1.807, 2.05) is 31.3 Å². The van der Waals surface area contributed by atoms with Crippen LogP contribution in [0.1, 0.15) is 5.69 Å². The summed E-state index contributed by atoms with van der Waals surface area (Å²) in [5.41, 5.74) is 3.17. The second-order valence-electron chi connectivity index (χ2n) is 2.37. The van der Waals surface area contributed by atoms with Gasteiger partial charge in [-0.3, -0.25) is 4.98 Å². The van der Waals surface area contributed by atoms with E-state index in [1.54, 1.807) is 0 Å². The zero-order valence-corrected chi connectivity index (χ0v) is 5.76. The Morgan fingerprint density at radius 1 is 1.40 bits per heavy atom. The van der Waals surface area contributed by atoms with Gasteiger partial charge < -0.3 is 4.98 Å². The van der Waals surface area contributed by atoms with E-state index in [9.17, 15) is 0 Å². The molecule has 0 radical (unpaired) electrons. The highest BCUT2D eigenvalue weighted by molar-refractivity contribution is 5.56. The van der Waals surface area contributed by atoms with Gasteiger partial charge in [0.15, 0.2) is 0 Å². The summed E-state index contributed by atoms with van der Waals surface area (Å²) in [6.45, 7) is 1.98. The van der Waals surface area contributed by atoms with E-state index in [2.05, 4.69) is 9.97 Å². The average Bonchev–Trinajstić information content (AvgIpc) is 2.33. The molecule has 0 spiro atoms. The number of nitrogens with one attached hydrogen (secondary N) is 1. The number of hydrogen-bond acceptors (Lipinski definition) is 1. The normalized spacial score (nSPS) is 10.5. The number of aryl methyl sites for hydroxylation is 1. The Hall–Kier alpha value is -1.31. The van der Waals surface area contributed by atoms with E-state index >= 15 is 0 Å². The molecule has 1 heterocycles. The molecule has 0 aromatic heterocycles. The molecule has 2 rings (SSSR count). The van der Waals surface area contributed by atoms with Crippen molar-refractivity contribution in [2.24, 2.45) is 0 Å². The highest BCUT2D eigenvalue weighted by Crippen LogP contribution is 2.16. The van der Waals surface area contributed by atoms with Crippen molar-refractivity contribution in [3.63, 3.8) is 0 Å². The average molecular weight is 132 g/mol. The number of H-pyrrole nitrogens is 1. The van der Waals surface area contributed by atoms with E-state index in [-0.39, 0.29) is 0 Å². The van der Waals surface area contributed by atoms with Gasteiger partial charge in [0.25, 0.3) is 0 Å². The summed E-state index contributed by atoms with van der Waals surface area (Å²) in [7, 11) is 0. The highest BCUT2D eigenvalue weighted by Gasteiger charge is 2.00. The minimum atomic E-state index is 1.03. The fourth-order valence-electron chi connectivity index (χ4n) is 1.03. The molecule has 2 aliphatic rings. The van der Waals surface area contributed by atoms with Gasteiger partial charge >= 0.3 is 0 Å². The second kappa shape index (κ2) is 1.84. The molecule has 0 fully saturated rings. The monoisotopic (exact) mass is 132 g/mol.